The lowest BCUT2D eigenvalue weighted by Crippen LogP contribution is -2.61. The number of nitrogens with zero attached hydrogens (tertiary/aromatic N) is 2. The van der Waals surface area contributed by atoms with Gasteiger partial charge in [0, 0.05) is 37.4 Å². The summed E-state index contributed by atoms with van der Waals surface area (Å²) in [4.78, 5) is 26.8. The number of halogens is 3. The number of sulfone groups is 1. The predicted octanol–water partition coefficient (Wildman–Crippen LogP) is 2.75. The molecule has 1 amide bonds. The predicted molar refractivity (Wildman–Crippen MR) is 112 cm³/mol. The molecule has 0 unspecified atom stereocenters. The molecule has 1 aromatic rings. The smallest absolute Gasteiger partial charge is 0.465 e. The summed E-state index contributed by atoms with van der Waals surface area (Å²) < 4.78 is 66.7. The minimum Gasteiger partial charge on any atom is -0.465 e. The van der Waals surface area contributed by atoms with Crippen LogP contribution in [0.1, 0.15) is 37.7 Å². The number of piperidine rings is 1. The molecular formula is C22H27F3N2O5S. The maximum atomic E-state index is 12.8. The Morgan fingerprint density at radius 1 is 1.18 bits per heavy atom. The van der Waals surface area contributed by atoms with Crippen LogP contribution in [-0.2, 0) is 30.7 Å². The minimum atomic E-state index is -5.36. The summed E-state index contributed by atoms with van der Waals surface area (Å²) in [6.07, 6.45) is 3.22. The van der Waals surface area contributed by atoms with Crippen LogP contribution in [0, 0.1) is 11.3 Å². The average Bonchev–Trinajstić information content (AvgIpc) is 3.15. The SMILES string of the molecule is O=C1C[C@H](CCC(=O)N2CC3(CCN(Cc4cccc(S(=O)(=O)C(F)(F)F)c4)CC3)C2)CO1. The summed E-state index contributed by atoms with van der Waals surface area (Å²) in [6.45, 7) is 3.66. The van der Waals surface area contributed by atoms with Crippen LogP contribution in [0.4, 0.5) is 13.2 Å². The van der Waals surface area contributed by atoms with E-state index in [1.54, 1.807) is 6.07 Å². The zero-order valence-electron chi connectivity index (χ0n) is 18.1. The van der Waals surface area contributed by atoms with Gasteiger partial charge in [-0.15, -0.1) is 0 Å². The molecular weight excluding hydrogens is 461 g/mol. The molecule has 3 heterocycles. The normalized spacial score (nSPS) is 23.4. The number of carbonyl (C=O) groups excluding carboxylic acids is 2. The van der Waals surface area contributed by atoms with Crippen molar-refractivity contribution in [2.45, 2.75) is 49.1 Å². The summed E-state index contributed by atoms with van der Waals surface area (Å²) in [6, 6.07) is 5.03. The van der Waals surface area contributed by atoms with Gasteiger partial charge in [0.15, 0.2) is 0 Å². The molecule has 3 fully saturated rings. The third-order valence-corrected chi connectivity index (χ3v) is 8.43. The molecule has 0 radical (unpaired) electrons. The summed E-state index contributed by atoms with van der Waals surface area (Å²) in [5, 5.41) is 0. The first kappa shape index (κ1) is 24.0. The van der Waals surface area contributed by atoms with Crippen LogP contribution in [0.5, 0.6) is 0 Å². The van der Waals surface area contributed by atoms with Gasteiger partial charge in [-0.25, -0.2) is 8.42 Å². The fraction of sp³-hybridized carbons (Fsp3) is 0.636. The van der Waals surface area contributed by atoms with Crippen molar-refractivity contribution in [3.63, 3.8) is 0 Å². The number of esters is 1. The Bertz CT molecular complexity index is 1010. The van der Waals surface area contributed by atoms with Gasteiger partial charge in [-0.3, -0.25) is 14.5 Å². The van der Waals surface area contributed by atoms with Crippen LogP contribution >= 0.6 is 0 Å². The topological polar surface area (TPSA) is 84.0 Å². The Morgan fingerprint density at radius 3 is 2.48 bits per heavy atom. The molecule has 0 bridgehead atoms. The van der Waals surface area contributed by atoms with Gasteiger partial charge in [0.25, 0.3) is 9.84 Å². The third-order valence-electron chi connectivity index (χ3n) is 6.94. The van der Waals surface area contributed by atoms with Crippen LogP contribution in [0.25, 0.3) is 0 Å². The number of carbonyl (C=O) groups is 2. The second kappa shape index (κ2) is 8.90. The molecule has 4 rings (SSSR count). The van der Waals surface area contributed by atoms with E-state index in [4.69, 9.17) is 4.74 Å². The summed E-state index contributed by atoms with van der Waals surface area (Å²) >= 11 is 0. The Labute approximate surface area is 190 Å². The number of rotatable bonds is 6. The number of hydrogen-bond donors (Lipinski definition) is 0. The van der Waals surface area contributed by atoms with Crippen LogP contribution in [0.15, 0.2) is 29.2 Å². The monoisotopic (exact) mass is 488 g/mol. The number of likely N-dealkylation sites (tertiary alicyclic amines) is 2. The number of benzene rings is 1. The Kier molecular flexibility index (Phi) is 6.47. The highest BCUT2D eigenvalue weighted by atomic mass is 32.2. The lowest BCUT2D eigenvalue weighted by molar-refractivity contribution is -0.147. The molecule has 0 N–H and O–H groups in total. The zero-order chi connectivity index (χ0) is 23.9. The molecule has 182 valence electrons. The van der Waals surface area contributed by atoms with E-state index in [1.807, 2.05) is 4.90 Å². The van der Waals surface area contributed by atoms with Crippen molar-refractivity contribution in [2.75, 3.05) is 32.8 Å². The third kappa shape index (κ3) is 5.18. The van der Waals surface area contributed by atoms with Crippen molar-refractivity contribution >= 4 is 21.7 Å². The molecule has 7 nitrogen and oxygen atoms in total. The van der Waals surface area contributed by atoms with Crippen LogP contribution in [0.3, 0.4) is 0 Å². The lowest BCUT2D eigenvalue weighted by Gasteiger charge is -2.54. The summed E-state index contributed by atoms with van der Waals surface area (Å²) in [5.41, 5.74) is -4.71. The Hall–Kier alpha value is -2.14. The first-order chi connectivity index (χ1) is 15.5. The standard InChI is InChI=1S/C22H27F3N2O5S/c23-22(24,25)33(30,31)18-3-1-2-16(10-18)12-26-8-6-21(7-9-26)14-27(15-21)19(28)5-4-17-11-20(29)32-13-17/h1-3,10,17H,4-9,11-15H2/t17-/m0/s1. The van der Waals surface area contributed by atoms with E-state index < -0.39 is 20.2 Å². The molecule has 0 saturated carbocycles. The van der Waals surface area contributed by atoms with Gasteiger partial charge < -0.3 is 9.64 Å². The summed E-state index contributed by atoms with van der Waals surface area (Å²) in [5.74, 6) is 0.0328. The maximum Gasteiger partial charge on any atom is 0.501 e. The average molecular weight is 489 g/mol. The number of alkyl halides is 3. The van der Waals surface area contributed by atoms with Crippen molar-refractivity contribution in [1.82, 2.24) is 9.80 Å². The highest BCUT2D eigenvalue weighted by molar-refractivity contribution is 7.92. The molecule has 1 aromatic carbocycles. The van der Waals surface area contributed by atoms with E-state index in [1.165, 1.54) is 6.07 Å². The van der Waals surface area contributed by atoms with Crippen molar-refractivity contribution in [1.29, 1.82) is 0 Å². The zero-order valence-corrected chi connectivity index (χ0v) is 19.0. The van der Waals surface area contributed by atoms with Crippen LogP contribution in [-0.4, -0.2) is 68.4 Å². The van der Waals surface area contributed by atoms with E-state index in [0.717, 1.165) is 38.1 Å². The molecule has 11 heteroatoms. The van der Waals surface area contributed by atoms with E-state index in [2.05, 4.69) is 4.90 Å². The Morgan fingerprint density at radius 2 is 1.88 bits per heavy atom. The molecule has 3 aliphatic heterocycles. The van der Waals surface area contributed by atoms with E-state index in [-0.39, 0.29) is 23.2 Å². The second-order valence-corrected chi connectivity index (χ2v) is 11.4. The van der Waals surface area contributed by atoms with Gasteiger partial charge in [-0.2, -0.15) is 13.2 Å². The van der Waals surface area contributed by atoms with Gasteiger partial charge in [-0.1, -0.05) is 12.1 Å². The van der Waals surface area contributed by atoms with Crippen LogP contribution < -0.4 is 0 Å². The quantitative estimate of drug-likeness (QED) is 0.573. The molecule has 0 aromatic heterocycles. The van der Waals surface area contributed by atoms with Crippen molar-refractivity contribution in [3.05, 3.63) is 29.8 Å². The number of cyclic esters (lactones) is 1. The molecule has 3 saturated heterocycles. The first-order valence-corrected chi connectivity index (χ1v) is 12.5. The lowest BCUT2D eigenvalue weighted by atomic mass is 9.71. The van der Waals surface area contributed by atoms with Crippen molar-refractivity contribution < 1.29 is 35.9 Å². The fourth-order valence-corrected chi connectivity index (χ4v) is 5.71. The van der Waals surface area contributed by atoms with Gasteiger partial charge in [0.05, 0.1) is 17.9 Å². The van der Waals surface area contributed by atoms with Gasteiger partial charge in [0.2, 0.25) is 5.91 Å². The Balaban J connectivity index is 1.24. The largest absolute Gasteiger partial charge is 0.501 e. The number of ether oxygens (including phenoxy) is 1. The first-order valence-electron chi connectivity index (χ1n) is 11.0. The van der Waals surface area contributed by atoms with Gasteiger partial charge in [0.1, 0.15) is 0 Å². The summed E-state index contributed by atoms with van der Waals surface area (Å²) in [7, 11) is -5.36. The molecule has 3 aliphatic rings. The molecule has 0 aliphatic carbocycles. The van der Waals surface area contributed by atoms with Gasteiger partial charge >= 0.3 is 11.5 Å². The molecule has 1 spiro atoms. The highest BCUT2D eigenvalue weighted by Gasteiger charge is 2.48. The van der Waals surface area contributed by atoms with E-state index >= 15 is 0 Å². The second-order valence-electron chi connectivity index (χ2n) is 9.41. The van der Waals surface area contributed by atoms with Crippen molar-refractivity contribution in [2.24, 2.45) is 11.3 Å². The van der Waals surface area contributed by atoms with Crippen molar-refractivity contribution in [3.8, 4) is 0 Å². The number of amides is 1. The maximum absolute atomic E-state index is 12.8. The highest BCUT2D eigenvalue weighted by Crippen LogP contribution is 2.41. The fourth-order valence-electron chi connectivity index (χ4n) is 4.88. The molecule has 1 atom stereocenters. The molecule has 33 heavy (non-hydrogen) atoms. The number of hydrogen-bond acceptors (Lipinski definition) is 6. The minimum absolute atomic E-state index is 0.0834. The van der Waals surface area contributed by atoms with Crippen LogP contribution in [0.2, 0.25) is 0 Å². The van der Waals surface area contributed by atoms with Gasteiger partial charge in [-0.05, 0) is 50.0 Å². The van der Waals surface area contributed by atoms with E-state index in [9.17, 15) is 31.2 Å². The van der Waals surface area contributed by atoms with E-state index in [0.29, 0.717) is 51.1 Å².